The van der Waals surface area contributed by atoms with Crippen LogP contribution in [0.15, 0.2) is 48.6 Å². The Bertz CT molecular complexity index is 1040. The number of amides is 1. The summed E-state index contributed by atoms with van der Waals surface area (Å²) in [7, 11) is 0. The molecule has 4 unspecified atom stereocenters. The summed E-state index contributed by atoms with van der Waals surface area (Å²) in [6, 6.07) is 10.1. The van der Waals surface area contributed by atoms with Crippen molar-refractivity contribution in [2.45, 2.75) is 44.7 Å². The Hall–Kier alpha value is -2.86. The molecule has 2 aromatic rings. The van der Waals surface area contributed by atoms with E-state index in [-0.39, 0.29) is 35.5 Å². The molecule has 7 heteroatoms. The number of hydrogen-bond donors (Lipinski definition) is 2. The van der Waals surface area contributed by atoms with Crippen LogP contribution >= 0.6 is 11.6 Å². The van der Waals surface area contributed by atoms with Crippen LogP contribution in [0.25, 0.3) is 0 Å². The molecule has 0 spiro atoms. The Morgan fingerprint density at radius 3 is 2.87 bits per heavy atom. The van der Waals surface area contributed by atoms with Gasteiger partial charge >= 0.3 is 0 Å². The fourth-order valence-corrected chi connectivity index (χ4v) is 4.64. The highest BCUT2D eigenvalue weighted by Gasteiger charge is 2.40. The van der Waals surface area contributed by atoms with Crippen LogP contribution in [0.5, 0.6) is 0 Å². The molecule has 30 heavy (non-hydrogen) atoms. The predicted octanol–water partition coefficient (Wildman–Crippen LogP) is 5.60. The highest BCUT2D eigenvalue weighted by atomic mass is 35.5. The van der Waals surface area contributed by atoms with Gasteiger partial charge in [0.2, 0.25) is 0 Å². The van der Waals surface area contributed by atoms with Gasteiger partial charge in [-0.25, -0.2) is 0 Å². The van der Waals surface area contributed by atoms with Crippen LogP contribution in [0.2, 0.25) is 5.02 Å². The second-order valence-electron chi connectivity index (χ2n) is 7.99. The molecule has 2 aromatic carbocycles. The summed E-state index contributed by atoms with van der Waals surface area (Å²) >= 11 is 6.48. The zero-order chi connectivity index (χ0) is 21.4. The van der Waals surface area contributed by atoms with Crippen molar-refractivity contribution in [2.75, 3.05) is 5.32 Å². The summed E-state index contributed by atoms with van der Waals surface area (Å²) in [6.07, 6.45) is 5.98. The summed E-state index contributed by atoms with van der Waals surface area (Å²) in [5.74, 6) is 0.167. The van der Waals surface area contributed by atoms with Crippen molar-refractivity contribution in [3.63, 3.8) is 0 Å². The molecule has 4 rings (SSSR count). The highest BCUT2D eigenvalue weighted by Crippen LogP contribution is 2.51. The van der Waals surface area contributed by atoms with E-state index in [9.17, 15) is 14.9 Å². The van der Waals surface area contributed by atoms with E-state index < -0.39 is 4.92 Å². The van der Waals surface area contributed by atoms with Gasteiger partial charge in [-0.3, -0.25) is 14.9 Å². The molecule has 2 N–H and O–H groups in total. The molecule has 0 saturated heterocycles. The number of anilines is 1. The van der Waals surface area contributed by atoms with Gasteiger partial charge in [-0.1, -0.05) is 42.8 Å². The molecule has 1 amide bonds. The molecule has 1 aliphatic carbocycles. The number of halogens is 1. The van der Waals surface area contributed by atoms with Gasteiger partial charge in [-0.2, -0.15) is 0 Å². The van der Waals surface area contributed by atoms with Gasteiger partial charge in [0.05, 0.1) is 22.2 Å². The molecular formula is C23H24ClN3O3. The number of hydrogen-bond acceptors (Lipinski definition) is 4. The fraction of sp³-hybridized carbons (Fsp3) is 0.348. The number of rotatable bonds is 5. The van der Waals surface area contributed by atoms with Crippen molar-refractivity contribution in [1.29, 1.82) is 0 Å². The number of carbonyl (C=O) groups excluding carboxylic acids is 1. The SMILES string of the molecule is CCC(C)NC(=O)c1cccc2c1NC(c1cc([N+](=O)[O-])ccc1Cl)C1CC=CC21. The summed E-state index contributed by atoms with van der Waals surface area (Å²) in [4.78, 5) is 23.9. The van der Waals surface area contributed by atoms with Crippen molar-refractivity contribution in [2.24, 2.45) is 5.92 Å². The van der Waals surface area contributed by atoms with E-state index in [1.54, 1.807) is 12.1 Å². The lowest BCUT2D eigenvalue weighted by Gasteiger charge is -2.38. The Morgan fingerprint density at radius 2 is 2.13 bits per heavy atom. The minimum Gasteiger partial charge on any atom is -0.377 e. The van der Waals surface area contributed by atoms with Gasteiger partial charge < -0.3 is 10.6 Å². The van der Waals surface area contributed by atoms with Crippen LogP contribution in [0, 0.1) is 16.0 Å². The monoisotopic (exact) mass is 425 g/mol. The molecule has 1 aliphatic heterocycles. The predicted molar refractivity (Wildman–Crippen MR) is 118 cm³/mol. The molecule has 156 valence electrons. The van der Waals surface area contributed by atoms with Crippen molar-refractivity contribution in [1.82, 2.24) is 5.32 Å². The zero-order valence-electron chi connectivity index (χ0n) is 16.9. The molecule has 0 fully saturated rings. The first-order chi connectivity index (χ1) is 14.4. The van der Waals surface area contributed by atoms with Crippen molar-refractivity contribution >= 4 is 28.9 Å². The Balaban J connectivity index is 1.79. The molecule has 6 nitrogen and oxygen atoms in total. The maximum absolute atomic E-state index is 12.9. The lowest BCUT2D eigenvalue weighted by atomic mass is 9.76. The molecule has 0 aromatic heterocycles. The molecule has 2 aliphatic rings. The maximum atomic E-state index is 12.9. The first kappa shape index (κ1) is 20.4. The van der Waals surface area contributed by atoms with E-state index >= 15 is 0 Å². The molecular weight excluding hydrogens is 402 g/mol. The quantitative estimate of drug-likeness (QED) is 0.371. The molecule has 1 heterocycles. The van der Waals surface area contributed by atoms with Crippen molar-refractivity contribution < 1.29 is 9.72 Å². The summed E-state index contributed by atoms with van der Waals surface area (Å²) in [6.45, 7) is 4.00. The number of para-hydroxylation sites is 1. The van der Waals surface area contributed by atoms with Gasteiger partial charge in [0.25, 0.3) is 11.6 Å². The largest absolute Gasteiger partial charge is 0.377 e. The van der Waals surface area contributed by atoms with E-state index in [0.717, 1.165) is 24.1 Å². The van der Waals surface area contributed by atoms with Gasteiger partial charge in [-0.15, -0.1) is 0 Å². The molecule has 0 saturated carbocycles. The molecule has 4 atom stereocenters. The van der Waals surface area contributed by atoms with Gasteiger partial charge in [-0.05, 0) is 43.4 Å². The van der Waals surface area contributed by atoms with Gasteiger partial charge in [0, 0.05) is 34.7 Å². The van der Waals surface area contributed by atoms with Crippen LogP contribution in [0.1, 0.15) is 60.1 Å². The molecule has 0 bridgehead atoms. The van der Waals surface area contributed by atoms with Crippen LogP contribution < -0.4 is 10.6 Å². The number of non-ortho nitro benzene ring substituents is 1. The van der Waals surface area contributed by atoms with Crippen LogP contribution in [0.3, 0.4) is 0 Å². The average molecular weight is 426 g/mol. The van der Waals surface area contributed by atoms with Crippen molar-refractivity contribution in [3.8, 4) is 0 Å². The summed E-state index contributed by atoms with van der Waals surface area (Å²) in [5, 5.41) is 18.4. The third kappa shape index (κ3) is 3.56. The topological polar surface area (TPSA) is 84.3 Å². The standard InChI is InChI=1S/C23H24ClN3O3/c1-3-13(2)25-23(28)18-9-5-8-16-15-6-4-7-17(15)22(26-21(16)18)19-12-14(27(29)30)10-11-20(19)24/h4-6,8-13,15,17,22,26H,3,7H2,1-2H3,(H,25,28). The van der Waals surface area contributed by atoms with E-state index in [1.807, 2.05) is 32.0 Å². The normalized spacial score (nSPS) is 22.6. The first-order valence-electron chi connectivity index (χ1n) is 10.2. The van der Waals surface area contributed by atoms with Crippen LogP contribution in [-0.4, -0.2) is 16.9 Å². The van der Waals surface area contributed by atoms with Gasteiger partial charge in [0.1, 0.15) is 0 Å². The Labute approximate surface area is 180 Å². The highest BCUT2D eigenvalue weighted by molar-refractivity contribution is 6.31. The maximum Gasteiger partial charge on any atom is 0.269 e. The lowest BCUT2D eigenvalue weighted by Crippen LogP contribution is -2.35. The number of allylic oxidation sites excluding steroid dienone is 2. The summed E-state index contributed by atoms with van der Waals surface area (Å²) < 4.78 is 0. The smallest absolute Gasteiger partial charge is 0.269 e. The Kier molecular flexibility index (Phi) is 5.52. The summed E-state index contributed by atoms with van der Waals surface area (Å²) in [5.41, 5.74) is 3.12. The molecule has 0 radical (unpaired) electrons. The minimum absolute atomic E-state index is 0.00676. The number of nitrogens with one attached hydrogen (secondary N) is 2. The van der Waals surface area contributed by atoms with E-state index in [0.29, 0.717) is 16.1 Å². The minimum atomic E-state index is -0.411. The number of nitro benzene ring substituents is 1. The number of nitrogens with zero attached hydrogens (tertiary/aromatic N) is 1. The second-order valence-corrected chi connectivity index (χ2v) is 8.40. The zero-order valence-corrected chi connectivity index (χ0v) is 17.6. The average Bonchev–Trinajstić information content (AvgIpc) is 3.23. The number of fused-ring (bicyclic) bond motifs is 3. The lowest BCUT2D eigenvalue weighted by molar-refractivity contribution is -0.384. The van der Waals surface area contributed by atoms with Crippen LogP contribution in [0.4, 0.5) is 11.4 Å². The van der Waals surface area contributed by atoms with E-state index in [1.165, 1.54) is 6.07 Å². The van der Waals surface area contributed by atoms with Crippen molar-refractivity contribution in [3.05, 3.63) is 80.4 Å². The Morgan fingerprint density at radius 1 is 1.33 bits per heavy atom. The van der Waals surface area contributed by atoms with Gasteiger partial charge in [0.15, 0.2) is 0 Å². The second kappa shape index (κ2) is 8.11. The van der Waals surface area contributed by atoms with Crippen LogP contribution in [-0.2, 0) is 0 Å². The number of benzene rings is 2. The fourth-order valence-electron chi connectivity index (χ4n) is 4.41. The third-order valence-electron chi connectivity index (χ3n) is 6.16. The van der Waals surface area contributed by atoms with E-state index in [2.05, 4.69) is 22.8 Å². The van der Waals surface area contributed by atoms with E-state index in [4.69, 9.17) is 11.6 Å². The number of nitro groups is 1. The number of carbonyl (C=O) groups is 1. The third-order valence-corrected chi connectivity index (χ3v) is 6.50. The first-order valence-corrected chi connectivity index (χ1v) is 10.6.